The van der Waals surface area contributed by atoms with Gasteiger partial charge in [0.25, 0.3) is 0 Å². The summed E-state index contributed by atoms with van der Waals surface area (Å²) in [6.45, 7) is 5.07. The molecule has 0 bridgehead atoms. The molecule has 2 unspecified atom stereocenters. The van der Waals surface area contributed by atoms with E-state index in [4.69, 9.17) is 0 Å². The van der Waals surface area contributed by atoms with Gasteiger partial charge < -0.3 is 14.9 Å². The van der Waals surface area contributed by atoms with Crippen LogP contribution >= 0.6 is 0 Å². The van der Waals surface area contributed by atoms with Crippen LogP contribution in [0.1, 0.15) is 42.9 Å². The predicted octanol–water partition coefficient (Wildman–Crippen LogP) is 2.83. The molecule has 1 aliphatic rings. The quantitative estimate of drug-likeness (QED) is 0.873. The number of nitrogens with zero attached hydrogens (tertiary/aromatic N) is 2. The van der Waals surface area contributed by atoms with E-state index in [0.29, 0.717) is 6.54 Å². The van der Waals surface area contributed by atoms with E-state index < -0.39 is 0 Å². The average molecular weight is 290 g/mol. The van der Waals surface area contributed by atoms with Crippen molar-refractivity contribution in [2.24, 2.45) is 0 Å². The third-order valence-electron chi connectivity index (χ3n) is 4.71. The lowest BCUT2D eigenvalue weighted by atomic mass is 10.00. The number of benzene rings is 1. The molecule has 0 spiro atoms. The van der Waals surface area contributed by atoms with Gasteiger partial charge in [-0.2, -0.15) is 0 Å². The molecule has 1 saturated heterocycles. The second-order valence-corrected chi connectivity index (χ2v) is 6.61. The summed E-state index contributed by atoms with van der Waals surface area (Å²) in [7, 11) is 4.35. The summed E-state index contributed by atoms with van der Waals surface area (Å²) >= 11 is 0. The van der Waals surface area contributed by atoms with Crippen molar-refractivity contribution in [3.05, 3.63) is 35.4 Å². The number of piperidine rings is 1. The molecule has 21 heavy (non-hydrogen) atoms. The molecule has 1 aliphatic heterocycles. The Bertz CT molecular complexity index is 418. The van der Waals surface area contributed by atoms with Gasteiger partial charge in [0.1, 0.15) is 0 Å². The Hall–Kier alpha value is -0.900. The molecule has 3 nitrogen and oxygen atoms in total. The SMILES string of the molecule is Cc1ccc(C(O)CN(C)CCC2CCCCN2C)cc1. The Morgan fingerprint density at radius 1 is 1.29 bits per heavy atom. The maximum Gasteiger partial charge on any atom is 0.0916 e. The van der Waals surface area contributed by atoms with Crippen molar-refractivity contribution >= 4 is 0 Å². The van der Waals surface area contributed by atoms with Gasteiger partial charge in [0.05, 0.1) is 6.10 Å². The predicted molar refractivity (Wildman–Crippen MR) is 88.5 cm³/mol. The van der Waals surface area contributed by atoms with E-state index in [2.05, 4.69) is 43.0 Å². The van der Waals surface area contributed by atoms with E-state index in [0.717, 1.165) is 18.2 Å². The highest BCUT2D eigenvalue weighted by molar-refractivity contribution is 5.23. The summed E-state index contributed by atoms with van der Waals surface area (Å²) in [5.74, 6) is 0. The normalized spacial score (nSPS) is 21.7. The number of aliphatic hydroxyl groups is 1. The average Bonchev–Trinajstić information content (AvgIpc) is 2.47. The van der Waals surface area contributed by atoms with Crippen molar-refractivity contribution in [3.8, 4) is 0 Å². The van der Waals surface area contributed by atoms with Crippen molar-refractivity contribution in [3.63, 3.8) is 0 Å². The van der Waals surface area contributed by atoms with Gasteiger partial charge in [0.15, 0.2) is 0 Å². The second-order valence-electron chi connectivity index (χ2n) is 6.61. The van der Waals surface area contributed by atoms with Crippen LogP contribution in [0, 0.1) is 6.92 Å². The van der Waals surface area contributed by atoms with E-state index in [1.807, 2.05) is 12.1 Å². The molecule has 1 N–H and O–H groups in total. The molecule has 0 radical (unpaired) electrons. The van der Waals surface area contributed by atoms with Gasteiger partial charge in [-0.15, -0.1) is 0 Å². The molecule has 2 atom stereocenters. The number of hydrogen-bond donors (Lipinski definition) is 1. The van der Waals surface area contributed by atoms with Gasteiger partial charge in [0, 0.05) is 12.6 Å². The molecule has 1 aromatic carbocycles. The zero-order valence-electron chi connectivity index (χ0n) is 13.8. The third kappa shape index (κ3) is 5.10. The summed E-state index contributed by atoms with van der Waals surface area (Å²) in [6.07, 6.45) is 4.85. The molecule has 0 aliphatic carbocycles. The van der Waals surface area contributed by atoms with Crippen LogP contribution in [-0.2, 0) is 0 Å². The van der Waals surface area contributed by atoms with Crippen LogP contribution in [0.2, 0.25) is 0 Å². The first-order valence-corrected chi connectivity index (χ1v) is 8.19. The molecule has 0 amide bonds. The van der Waals surface area contributed by atoms with E-state index in [1.54, 1.807) is 0 Å². The Kier molecular flexibility index (Phi) is 6.22. The lowest BCUT2D eigenvalue weighted by Gasteiger charge is -2.33. The fourth-order valence-corrected chi connectivity index (χ4v) is 3.16. The highest BCUT2D eigenvalue weighted by Crippen LogP contribution is 2.19. The van der Waals surface area contributed by atoms with Crippen LogP contribution in [0.5, 0.6) is 0 Å². The van der Waals surface area contributed by atoms with Gasteiger partial charge in [-0.1, -0.05) is 36.2 Å². The Balaban J connectivity index is 1.75. The van der Waals surface area contributed by atoms with Crippen LogP contribution in [0.4, 0.5) is 0 Å². The first-order chi connectivity index (χ1) is 10.1. The van der Waals surface area contributed by atoms with Crippen molar-refractivity contribution in [2.75, 3.05) is 33.7 Å². The monoisotopic (exact) mass is 290 g/mol. The fraction of sp³-hybridized carbons (Fsp3) is 0.667. The van der Waals surface area contributed by atoms with Crippen LogP contribution in [0.15, 0.2) is 24.3 Å². The number of likely N-dealkylation sites (tertiary alicyclic amines) is 1. The molecule has 3 heteroatoms. The molecule has 1 aromatic rings. The number of likely N-dealkylation sites (N-methyl/N-ethyl adjacent to an activating group) is 1. The van der Waals surface area contributed by atoms with E-state index in [1.165, 1.54) is 37.8 Å². The molecule has 1 fully saturated rings. The zero-order valence-corrected chi connectivity index (χ0v) is 13.8. The minimum absolute atomic E-state index is 0.389. The smallest absolute Gasteiger partial charge is 0.0916 e. The van der Waals surface area contributed by atoms with Crippen molar-refractivity contribution < 1.29 is 5.11 Å². The van der Waals surface area contributed by atoms with Crippen LogP contribution in [-0.4, -0.2) is 54.7 Å². The third-order valence-corrected chi connectivity index (χ3v) is 4.71. The van der Waals surface area contributed by atoms with E-state index in [-0.39, 0.29) is 6.10 Å². The first kappa shape index (κ1) is 16.5. The van der Waals surface area contributed by atoms with E-state index in [9.17, 15) is 5.11 Å². The second kappa shape index (κ2) is 7.92. The lowest BCUT2D eigenvalue weighted by Crippen LogP contribution is -2.39. The van der Waals surface area contributed by atoms with Gasteiger partial charge in [-0.25, -0.2) is 0 Å². The number of rotatable bonds is 6. The summed E-state index contributed by atoms with van der Waals surface area (Å²) in [5, 5.41) is 10.3. The minimum atomic E-state index is -0.389. The largest absolute Gasteiger partial charge is 0.387 e. The highest BCUT2D eigenvalue weighted by atomic mass is 16.3. The Morgan fingerprint density at radius 2 is 2.00 bits per heavy atom. The van der Waals surface area contributed by atoms with Crippen LogP contribution in [0.3, 0.4) is 0 Å². The number of hydrogen-bond acceptors (Lipinski definition) is 3. The molecule has 118 valence electrons. The molecule has 1 heterocycles. The maximum absolute atomic E-state index is 10.3. The van der Waals surface area contributed by atoms with Crippen LogP contribution < -0.4 is 0 Å². The first-order valence-electron chi connectivity index (χ1n) is 8.19. The molecule has 0 aromatic heterocycles. The molecule has 0 saturated carbocycles. The van der Waals surface area contributed by atoms with Gasteiger partial charge in [-0.05, 0) is 58.9 Å². The van der Waals surface area contributed by atoms with Gasteiger partial charge >= 0.3 is 0 Å². The molecule has 2 rings (SSSR count). The van der Waals surface area contributed by atoms with Gasteiger partial charge in [-0.3, -0.25) is 0 Å². The number of aryl methyl sites for hydroxylation is 1. The lowest BCUT2D eigenvalue weighted by molar-refractivity contribution is 0.112. The van der Waals surface area contributed by atoms with Crippen molar-refractivity contribution in [2.45, 2.75) is 44.8 Å². The fourth-order valence-electron chi connectivity index (χ4n) is 3.16. The standard InChI is InChI=1S/C18H30N2O/c1-15-7-9-16(10-8-15)18(21)14-19(2)13-11-17-6-4-5-12-20(17)3/h7-10,17-18,21H,4-6,11-14H2,1-3H3. The topological polar surface area (TPSA) is 26.7 Å². The number of aliphatic hydroxyl groups excluding tert-OH is 1. The van der Waals surface area contributed by atoms with Crippen molar-refractivity contribution in [1.82, 2.24) is 9.80 Å². The minimum Gasteiger partial charge on any atom is -0.387 e. The Morgan fingerprint density at radius 3 is 2.67 bits per heavy atom. The highest BCUT2D eigenvalue weighted by Gasteiger charge is 2.19. The zero-order chi connectivity index (χ0) is 15.2. The molecular weight excluding hydrogens is 260 g/mol. The van der Waals surface area contributed by atoms with Crippen molar-refractivity contribution in [1.29, 1.82) is 0 Å². The maximum atomic E-state index is 10.3. The van der Waals surface area contributed by atoms with Gasteiger partial charge in [0.2, 0.25) is 0 Å². The molecular formula is C18H30N2O. The van der Waals surface area contributed by atoms with E-state index >= 15 is 0 Å². The Labute approximate surface area is 129 Å². The summed E-state index contributed by atoms with van der Waals surface area (Å²) < 4.78 is 0. The summed E-state index contributed by atoms with van der Waals surface area (Å²) in [4.78, 5) is 4.75. The summed E-state index contributed by atoms with van der Waals surface area (Å²) in [5.41, 5.74) is 2.25. The van der Waals surface area contributed by atoms with Crippen LogP contribution in [0.25, 0.3) is 0 Å². The summed E-state index contributed by atoms with van der Waals surface area (Å²) in [6, 6.07) is 8.91.